The summed E-state index contributed by atoms with van der Waals surface area (Å²) in [7, 11) is 0. The molecule has 0 aromatic carbocycles. The van der Waals surface area contributed by atoms with Crippen LogP contribution in [0.25, 0.3) is 0 Å². The summed E-state index contributed by atoms with van der Waals surface area (Å²) >= 11 is 1.82. The van der Waals surface area contributed by atoms with E-state index in [4.69, 9.17) is 0 Å². The first kappa shape index (κ1) is 13.6. The third kappa shape index (κ3) is 3.39. The van der Waals surface area contributed by atoms with Gasteiger partial charge in [0.25, 0.3) is 0 Å². The second-order valence-corrected chi connectivity index (χ2v) is 6.96. The molecule has 2 aliphatic rings. The maximum atomic E-state index is 3.76. The minimum Gasteiger partial charge on any atom is -0.311 e. The normalized spacial score (nSPS) is 30.1. The molecule has 2 fully saturated rings. The van der Waals surface area contributed by atoms with E-state index in [1.54, 1.807) is 0 Å². The third-order valence-corrected chi connectivity index (χ3v) is 5.48. The van der Waals surface area contributed by atoms with E-state index < -0.39 is 0 Å². The van der Waals surface area contributed by atoms with Crippen molar-refractivity contribution in [3.63, 3.8) is 0 Å². The maximum Gasteiger partial charge on any atom is 0.0125 e. The average Bonchev–Trinajstić information content (AvgIpc) is 3.04. The van der Waals surface area contributed by atoms with Crippen LogP contribution in [0.3, 0.4) is 0 Å². The Morgan fingerprint density at radius 1 is 1.26 bits per heavy atom. The molecular formula is C16H26N2S. The van der Waals surface area contributed by atoms with Crippen molar-refractivity contribution in [2.45, 2.75) is 63.6 Å². The van der Waals surface area contributed by atoms with E-state index in [2.05, 4.69) is 34.0 Å². The largest absolute Gasteiger partial charge is 0.311 e. The van der Waals surface area contributed by atoms with Crippen LogP contribution in [-0.4, -0.2) is 36.1 Å². The van der Waals surface area contributed by atoms with Gasteiger partial charge in [-0.05, 0) is 67.5 Å². The van der Waals surface area contributed by atoms with E-state index in [1.165, 1.54) is 57.2 Å². The monoisotopic (exact) mass is 278 g/mol. The molecule has 2 bridgehead atoms. The number of nitrogens with zero attached hydrogens (tertiary/aromatic N) is 1. The van der Waals surface area contributed by atoms with E-state index in [0.29, 0.717) is 0 Å². The van der Waals surface area contributed by atoms with Crippen LogP contribution in [0.2, 0.25) is 0 Å². The molecule has 3 rings (SSSR count). The van der Waals surface area contributed by atoms with Gasteiger partial charge in [-0.15, -0.1) is 0 Å². The highest BCUT2D eigenvalue weighted by Gasteiger charge is 2.35. The van der Waals surface area contributed by atoms with Crippen LogP contribution in [0, 0.1) is 0 Å². The van der Waals surface area contributed by atoms with Crippen molar-refractivity contribution in [2.75, 3.05) is 13.1 Å². The van der Waals surface area contributed by atoms with E-state index in [9.17, 15) is 0 Å². The zero-order chi connectivity index (χ0) is 13.1. The minimum absolute atomic E-state index is 0.809. The summed E-state index contributed by atoms with van der Waals surface area (Å²) < 4.78 is 0. The number of hydrogen-bond donors (Lipinski definition) is 1. The molecule has 0 spiro atoms. The first-order valence-electron chi connectivity index (χ1n) is 7.86. The molecule has 2 nitrogen and oxygen atoms in total. The molecule has 0 radical (unpaired) electrons. The molecule has 106 valence electrons. The Morgan fingerprint density at radius 2 is 2.05 bits per heavy atom. The highest BCUT2D eigenvalue weighted by Crippen LogP contribution is 2.30. The van der Waals surface area contributed by atoms with Crippen LogP contribution >= 0.6 is 11.3 Å². The Balaban J connectivity index is 1.57. The van der Waals surface area contributed by atoms with Crippen LogP contribution in [0.5, 0.6) is 0 Å². The second-order valence-electron chi connectivity index (χ2n) is 6.18. The van der Waals surface area contributed by atoms with Gasteiger partial charge in [0, 0.05) is 24.7 Å². The molecule has 1 N–H and O–H groups in total. The van der Waals surface area contributed by atoms with Crippen LogP contribution in [0.15, 0.2) is 16.8 Å². The lowest BCUT2D eigenvalue weighted by molar-refractivity contribution is 0.142. The van der Waals surface area contributed by atoms with Crippen molar-refractivity contribution in [3.8, 4) is 0 Å². The molecular weight excluding hydrogens is 252 g/mol. The molecule has 2 saturated heterocycles. The van der Waals surface area contributed by atoms with Crippen molar-refractivity contribution in [1.29, 1.82) is 0 Å². The minimum atomic E-state index is 0.809. The predicted molar refractivity (Wildman–Crippen MR) is 82.9 cm³/mol. The lowest BCUT2D eigenvalue weighted by Crippen LogP contribution is -2.49. The SMILES string of the molecule is CCCN(CCc1ccsc1)C1CC2CCC(C1)N2. The number of nitrogens with one attached hydrogen (secondary N) is 1. The van der Waals surface area contributed by atoms with E-state index in [1.807, 2.05) is 11.3 Å². The fraction of sp³-hybridized carbons (Fsp3) is 0.750. The van der Waals surface area contributed by atoms with E-state index >= 15 is 0 Å². The molecule has 0 amide bonds. The Labute approximate surface area is 121 Å². The van der Waals surface area contributed by atoms with Gasteiger partial charge in [-0.1, -0.05) is 6.92 Å². The van der Waals surface area contributed by atoms with Gasteiger partial charge in [0.05, 0.1) is 0 Å². The van der Waals surface area contributed by atoms with Crippen LogP contribution in [-0.2, 0) is 6.42 Å². The van der Waals surface area contributed by atoms with Crippen molar-refractivity contribution < 1.29 is 0 Å². The van der Waals surface area contributed by atoms with Gasteiger partial charge >= 0.3 is 0 Å². The van der Waals surface area contributed by atoms with Gasteiger partial charge in [-0.25, -0.2) is 0 Å². The van der Waals surface area contributed by atoms with Crippen LogP contribution in [0.4, 0.5) is 0 Å². The quantitative estimate of drug-likeness (QED) is 0.859. The molecule has 2 aliphatic heterocycles. The van der Waals surface area contributed by atoms with Crippen molar-refractivity contribution in [1.82, 2.24) is 10.2 Å². The lowest BCUT2D eigenvalue weighted by Gasteiger charge is -2.37. The Hall–Kier alpha value is -0.380. The van der Waals surface area contributed by atoms with Gasteiger partial charge in [0.2, 0.25) is 0 Å². The molecule has 3 heteroatoms. The maximum absolute atomic E-state index is 3.76. The molecule has 0 saturated carbocycles. The van der Waals surface area contributed by atoms with Gasteiger partial charge in [0.1, 0.15) is 0 Å². The summed E-state index contributed by atoms with van der Waals surface area (Å²) in [4.78, 5) is 2.77. The summed E-state index contributed by atoms with van der Waals surface area (Å²) in [5.41, 5.74) is 1.52. The Bertz CT molecular complexity index is 364. The van der Waals surface area contributed by atoms with Crippen molar-refractivity contribution in [3.05, 3.63) is 22.4 Å². The fourth-order valence-electron chi connectivity index (χ4n) is 3.80. The van der Waals surface area contributed by atoms with E-state index in [0.717, 1.165) is 18.1 Å². The van der Waals surface area contributed by atoms with Crippen LogP contribution < -0.4 is 5.32 Å². The first-order chi connectivity index (χ1) is 9.35. The lowest BCUT2D eigenvalue weighted by atomic mass is 9.97. The number of rotatable bonds is 6. The van der Waals surface area contributed by atoms with Gasteiger partial charge < -0.3 is 5.32 Å². The summed E-state index contributed by atoms with van der Waals surface area (Å²) in [5, 5.41) is 8.26. The Kier molecular flexibility index (Phi) is 4.57. The predicted octanol–water partition coefficient (Wildman–Crippen LogP) is 3.29. The molecule has 2 unspecified atom stereocenters. The van der Waals surface area contributed by atoms with Crippen molar-refractivity contribution >= 4 is 11.3 Å². The van der Waals surface area contributed by atoms with Gasteiger partial charge in [0.15, 0.2) is 0 Å². The molecule has 1 aromatic rings. The summed E-state index contributed by atoms with van der Waals surface area (Å²) in [6, 6.07) is 4.73. The summed E-state index contributed by atoms with van der Waals surface area (Å²) in [6.07, 6.45) is 8.07. The zero-order valence-corrected chi connectivity index (χ0v) is 12.8. The van der Waals surface area contributed by atoms with Crippen molar-refractivity contribution in [2.24, 2.45) is 0 Å². The van der Waals surface area contributed by atoms with E-state index in [-0.39, 0.29) is 0 Å². The molecule has 1 aromatic heterocycles. The molecule has 2 atom stereocenters. The topological polar surface area (TPSA) is 15.3 Å². The molecule has 0 aliphatic carbocycles. The van der Waals surface area contributed by atoms with Gasteiger partial charge in [-0.2, -0.15) is 11.3 Å². The average molecular weight is 278 g/mol. The summed E-state index contributed by atoms with van der Waals surface area (Å²) in [5.74, 6) is 0. The smallest absolute Gasteiger partial charge is 0.0125 e. The first-order valence-corrected chi connectivity index (χ1v) is 8.80. The van der Waals surface area contributed by atoms with Gasteiger partial charge in [-0.3, -0.25) is 4.90 Å². The number of piperidine rings is 1. The number of thiophene rings is 1. The number of hydrogen-bond acceptors (Lipinski definition) is 3. The number of fused-ring (bicyclic) bond motifs is 2. The molecule has 3 heterocycles. The van der Waals surface area contributed by atoms with Crippen LogP contribution in [0.1, 0.15) is 44.6 Å². The third-order valence-electron chi connectivity index (χ3n) is 4.74. The Morgan fingerprint density at radius 3 is 2.68 bits per heavy atom. The zero-order valence-electron chi connectivity index (χ0n) is 12.0. The highest BCUT2D eigenvalue weighted by atomic mass is 32.1. The second kappa shape index (κ2) is 6.38. The standard InChI is InChI=1S/C16H26N2S/c1-2-7-18(8-5-13-6-9-19-12-13)16-10-14-3-4-15(11-16)17-14/h6,9,12,14-17H,2-5,7-8,10-11H2,1H3. The summed E-state index contributed by atoms with van der Waals surface area (Å²) in [6.45, 7) is 4.83. The fourth-order valence-corrected chi connectivity index (χ4v) is 4.50. The molecule has 19 heavy (non-hydrogen) atoms. The highest BCUT2D eigenvalue weighted by molar-refractivity contribution is 7.07.